The Morgan fingerprint density at radius 2 is 2.29 bits per heavy atom. The standard InChI is InChI=1S/C10H14N4O2S/c1-2-3-7-12-13-10(17)14(7)6-4-5-8(15)11-9(6)16/h6H,2-5H2,1H3,(H,13,17)(H,11,15,16). The molecular formula is C10H14N4O2S. The van der Waals surface area contributed by atoms with Gasteiger partial charge in [0.15, 0.2) is 4.77 Å². The van der Waals surface area contributed by atoms with Crippen LogP contribution in [0.5, 0.6) is 0 Å². The third-order valence-corrected chi connectivity index (χ3v) is 3.06. The number of carbonyl (C=O) groups excluding carboxylic acids is 2. The molecule has 1 saturated heterocycles. The first-order valence-corrected chi connectivity index (χ1v) is 6.03. The van der Waals surface area contributed by atoms with Crippen molar-refractivity contribution in [3.8, 4) is 0 Å². The molecule has 1 aromatic heterocycles. The number of imide groups is 1. The van der Waals surface area contributed by atoms with Crippen LogP contribution in [-0.4, -0.2) is 26.6 Å². The lowest BCUT2D eigenvalue weighted by atomic mass is 10.1. The van der Waals surface area contributed by atoms with Crippen molar-refractivity contribution in [2.45, 2.75) is 38.6 Å². The molecule has 17 heavy (non-hydrogen) atoms. The molecule has 2 rings (SSSR count). The van der Waals surface area contributed by atoms with E-state index in [9.17, 15) is 9.59 Å². The van der Waals surface area contributed by atoms with E-state index in [1.807, 2.05) is 6.92 Å². The van der Waals surface area contributed by atoms with E-state index in [2.05, 4.69) is 15.5 Å². The fraction of sp³-hybridized carbons (Fsp3) is 0.600. The van der Waals surface area contributed by atoms with Gasteiger partial charge in [0.1, 0.15) is 11.9 Å². The van der Waals surface area contributed by atoms with Gasteiger partial charge in [0, 0.05) is 12.8 Å². The molecule has 1 unspecified atom stereocenters. The number of H-pyrrole nitrogens is 1. The van der Waals surface area contributed by atoms with Crippen molar-refractivity contribution in [1.82, 2.24) is 20.1 Å². The average Bonchev–Trinajstić information content (AvgIpc) is 2.62. The summed E-state index contributed by atoms with van der Waals surface area (Å²) >= 11 is 5.13. The second kappa shape index (κ2) is 4.79. The zero-order chi connectivity index (χ0) is 12.4. The predicted molar refractivity (Wildman–Crippen MR) is 62.8 cm³/mol. The molecule has 0 saturated carbocycles. The second-order valence-corrected chi connectivity index (χ2v) is 4.42. The van der Waals surface area contributed by atoms with E-state index < -0.39 is 6.04 Å². The Hall–Kier alpha value is -1.50. The minimum Gasteiger partial charge on any atom is -0.295 e. The maximum atomic E-state index is 11.8. The van der Waals surface area contributed by atoms with E-state index in [0.29, 0.717) is 17.6 Å². The van der Waals surface area contributed by atoms with Gasteiger partial charge in [-0.3, -0.25) is 24.6 Å². The number of nitrogens with one attached hydrogen (secondary N) is 2. The van der Waals surface area contributed by atoms with E-state index >= 15 is 0 Å². The summed E-state index contributed by atoms with van der Waals surface area (Å²) < 4.78 is 2.16. The first-order chi connectivity index (χ1) is 8.13. The predicted octanol–water partition coefficient (Wildman–Crippen LogP) is 0.871. The Bertz CT molecular complexity index is 505. The number of aromatic nitrogens is 3. The second-order valence-electron chi connectivity index (χ2n) is 4.03. The minimum absolute atomic E-state index is 0.224. The lowest BCUT2D eigenvalue weighted by molar-refractivity contribution is -0.135. The number of hydrogen-bond acceptors (Lipinski definition) is 4. The number of rotatable bonds is 3. The number of piperidine rings is 1. The van der Waals surface area contributed by atoms with Gasteiger partial charge < -0.3 is 0 Å². The smallest absolute Gasteiger partial charge is 0.249 e. The fourth-order valence-corrected chi connectivity index (χ4v) is 2.27. The van der Waals surface area contributed by atoms with Crippen molar-refractivity contribution in [1.29, 1.82) is 0 Å². The maximum Gasteiger partial charge on any atom is 0.249 e. The molecule has 1 aliphatic rings. The molecule has 2 heterocycles. The Labute approximate surface area is 103 Å². The first-order valence-electron chi connectivity index (χ1n) is 5.63. The zero-order valence-electron chi connectivity index (χ0n) is 9.52. The normalized spacial score (nSPS) is 20.4. The Morgan fingerprint density at radius 3 is 2.94 bits per heavy atom. The van der Waals surface area contributed by atoms with E-state index in [1.165, 1.54) is 0 Å². The molecule has 1 atom stereocenters. The first kappa shape index (κ1) is 12.0. The SMILES string of the molecule is CCCc1n[nH]c(=S)n1C1CCC(=O)NC1=O. The highest BCUT2D eigenvalue weighted by atomic mass is 32.1. The zero-order valence-corrected chi connectivity index (χ0v) is 10.3. The number of carbonyl (C=O) groups is 2. The largest absolute Gasteiger partial charge is 0.295 e. The van der Waals surface area contributed by atoms with Gasteiger partial charge in [-0.2, -0.15) is 5.10 Å². The quantitative estimate of drug-likeness (QED) is 0.619. The number of aryl methyl sites for hydroxylation is 1. The lowest BCUT2D eigenvalue weighted by Crippen LogP contribution is -2.42. The minimum atomic E-state index is -0.416. The van der Waals surface area contributed by atoms with Crippen molar-refractivity contribution in [2.24, 2.45) is 0 Å². The monoisotopic (exact) mass is 254 g/mol. The van der Waals surface area contributed by atoms with Crippen molar-refractivity contribution in [3.05, 3.63) is 10.6 Å². The van der Waals surface area contributed by atoms with E-state index in [4.69, 9.17) is 12.2 Å². The van der Waals surface area contributed by atoms with Crippen molar-refractivity contribution >= 4 is 24.0 Å². The summed E-state index contributed by atoms with van der Waals surface area (Å²) in [5.74, 6) is 0.251. The van der Waals surface area contributed by atoms with Gasteiger partial charge in [-0.15, -0.1) is 0 Å². The molecule has 0 aromatic carbocycles. The number of amides is 2. The summed E-state index contributed by atoms with van der Waals surface area (Å²) in [6.07, 6.45) is 2.50. The molecule has 7 heteroatoms. The van der Waals surface area contributed by atoms with Gasteiger partial charge in [-0.1, -0.05) is 6.92 Å². The highest BCUT2D eigenvalue weighted by Crippen LogP contribution is 2.20. The number of aromatic amines is 1. The highest BCUT2D eigenvalue weighted by molar-refractivity contribution is 7.71. The molecule has 0 radical (unpaired) electrons. The molecule has 6 nitrogen and oxygen atoms in total. The third kappa shape index (κ3) is 2.28. The Morgan fingerprint density at radius 1 is 1.53 bits per heavy atom. The molecule has 1 aromatic rings. The molecule has 92 valence electrons. The maximum absolute atomic E-state index is 11.8. The van der Waals surface area contributed by atoms with Crippen LogP contribution in [-0.2, 0) is 16.0 Å². The summed E-state index contributed by atoms with van der Waals surface area (Å²) in [5.41, 5.74) is 0. The molecule has 0 bridgehead atoms. The van der Waals surface area contributed by atoms with E-state index in [0.717, 1.165) is 18.7 Å². The molecule has 1 fully saturated rings. The summed E-state index contributed by atoms with van der Waals surface area (Å²) in [7, 11) is 0. The highest BCUT2D eigenvalue weighted by Gasteiger charge is 2.30. The van der Waals surface area contributed by atoms with Gasteiger partial charge >= 0.3 is 0 Å². The van der Waals surface area contributed by atoms with Gasteiger partial charge in [-0.05, 0) is 25.1 Å². The number of hydrogen-bond donors (Lipinski definition) is 2. The third-order valence-electron chi connectivity index (χ3n) is 2.77. The summed E-state index contributed by atoms with van der Waals surface area (Å²) in [5, 5.41) is 9.14. The van der Waals surface area contributed by atoms with Crippen molar-refractivity contribution in [2.75, 3.05) is 0 Å². The van der Waals surface area contributed by atoms with Crippen LogP contribution >= 0.6 is 12.2 Å². The van der Waals surface area contributed by atoms with Crippen LogP contribution in [0.25, 0.3) is 0 Å². The van der Waals surface area contributed by atoms with E-state index in [-0.39, 0.29) is 11.8 Å². The van der Waals surface area contributed by atoms with Crippen molar-refractivity contribution < 1.29 is 9.59 Å². The Balaban J connectivity index is 2.33. The van der Waals surface area contributed by atoms with Crippen molar-refractivity contribution in [3.63, 3.8) is 0 Å². The van der Waals surface area contributed by atoms with Crippen LogP contribution in [0, 0.1) is 4.77 Å². The van der Waals surface area contributed by atoms with Gasteiger partial charge in [0.05, 0.1) is 0 Å². The molecular weight excluding hydrogens is 240 g/mol. The van der Waals surface area contributed by atoms with Crippen LogP contribution in [0.2, 0.25) is 0 Å². The molecule has 2 N–H and O–H groups in total. The summed E-state index contributed by atoms with van der Waals surface area (Å²) in [6, 6.07) is -0.416. The molecule has 0 spiro atoms. The fourth-order valence-electron chi connectivity index (χ4n) is 1.99. The molecule has 0 aliphatic carbocycles. The van der Waals surface area contributed by atoms with E-state index in [1.54, 1.807) is 4.57 Å². The van der Waals surface area contributed by atoms with Crippen LogP contribution in [0.3, 0.4) is 0 Å². The topological polar surface area (TPSA) is 79.8 Å². The number of nitrogens with zero attached hydrogens (tertiary/aromatic N) is 2. The molecule has 1 aliphatic heterocycles. The lowest BCUT2D eigenvalue weighted by Gasteiger charge is -2.22. The molecule has 2 amide bonds. The van der Waals surface area contributed by atoms with Crippen LogP contribution < -0.4 is 5.32 Å². The average molecular weight is 254 g/mol. The van der Waals surface area contributed by atoms with Crippen LogP contribution in [0.1, 0.15) is 38.1 Å². The van der Waals surface area contributed by atoms with Gasteiger partial charge in [-0.25, -0.2) is 0 Å². The van der Waals surface area contributed by atoms with Crippen LogP contribution in [0.15, 0.2) is 0 Å². The van der Waals surface area contributed by atoms with Gasteiger partial charge in [0.2, 0.25) is 11.8 Å². The summed E-state index contributed by atoms with van der Waals surface area (Å²) in [6.45, 7) is 2.03. The summed E-state index contributed by atoms with van der Waals surface area (Å²) in [4.78, 5) is 22.9. The van der Waals surface area contributed by atoms with Crippen LogP contribution in [0.4, 0.5) is 0 Å². The Kier molecular flexibility index (Phi) is 3.37. The van der Waals surface area contributed by atoms with Gasteiger partial charge in [0.25, 0.3) is 0 Å².